The average Bonchev–Trinajstić information content (AvgIpc) is 3.10. The lowest BCUT2D eigenvalue weighted by molar-refractivity contribution is 0.0712. The summed E-state index contributed by atoms with van der Waals surface area (Å²) in [5.74, 6) is 1.07. The van der Waals surface area contributed by atoms with Gasteiger partial charge in [-0.3, -0.25) is 0 Å². The molecule has 0 unspecified atom stereocenters. The standard InChI is InChI=1S/C16H25NO3S7Si/c1-4-18-28(19-5-2,20-6-3)13-9-12-21-24-26-27-25-23-16-17-14-10-7-8-11-15(14)22-16/h7-8,10-11H,4-6,9,12-13H2,1-3H3. The maximum absolute atomic E-state index is 5.89. The summed E-state index contributed by atoms with van der Waals surface area (Å²) in [4.78, 5) is 4.63. The molecule has 0 bridgehead atoms. The maximum Gasteiger partial charge on any atom is 0.500 e. The van der Waals surface area contributed by atoms with Crippen molar-refractivity contribution in [1.29, 1.82) is 0 Å². The molecule has 2 aromatic rings. The van der Waals surface area contributed by atoms with Crippen LogP contribution in [0.15, 0.2) is 28.6 Å². The molecule has 28 heavy (non-hydrogen) atoms. The highest BCUT2D eigenvalue weighted by Gasteiger charge is 2.39. The summed E-state index contributed by atoms with van der Waals surface area (Å²) in [6.07, 6.45) is 1.04. The van der Waals surface area contributed by atoms with E-state index in [-0.39, 0.29) is 0 Å². The molecule has 1 aromatic heterocycles. The topological polar surface area (TPSA) is 40.6 Å². The monoisotopic (exact) mass is 531 g/mol. The van der Waals surface area contributed by atoms with E-state index in [9.17, 15) is 0 Å². The van der Waals surface area contributed by atoms with E-state index in [4.69, 9.17) is 13.3 Å². The minimum atomic E-state index is -2.48. The van der Waals surface area contributed by atoms with Gasteiger partial charge in [-0.2, -0.15) is 0 Å². The number of hydrogen-bond donors (Lipinski definition) is 0. The van der Waals surface area contributed by atoms with Crippen LogP contribution in [0.2, 0.25) is 6.04 Å². The molecule has 0 saturated heterocycles. The first-order chi connectivity index (χ1) is 13.7. The highest BCUT2D eigenvalue weighted by molar-refractivity contribution is 9.41. The van der Waals surface area contributed by atoms with E-state index in [0.29, 0.717) is 19.8 Å². The van der Waals surface area contributed by atoms with Gasteiger partial charge in [-0.25, -0.2) is 4.98 Å². The van der Waals surface area contributed by atoms with Crippen LogP contribution >= 0.6 is 72.2 Å². The van der Waals surface area contributed by atoms with Crippen molar-refractivity contribution >= 4 is 91.2 Å². The second-order valence-corrected chi connectivity index (χ2v) is 18.7. The van der Waals surface area contributed by atoms with Crippen molar-refractivity contribution in [3.8, 4) is 0 Å². The molecule has 0 radical (unpaired) electrons. The first kappa shape index (κ1) is 25.6. The van der Waals surface area contributed by atoms with Crippen molar-refractivity contribution < 1.29 is 13.3 Å². The second-order valence-electron chi connectivity index (χ2n) is 5.21. The second kappa shape index (κ2) is 15.2. The first-order valence-corrected chi connectivity index (χ1v) is 19.4. The molecule has 0 spiro atoms. The Bertz CT molecular complexity index is 628. The molecule has 0 N–H and O–H groups in total. The number of fused-ring (bicyclic) bond motifs is 1. The summed E-state index contributed by atoms with van der Waals surface area (Å²) < 4.78 is 20.0. The summed E-state index contributed by atoms with van der Waals surface area (Å²) in [6.45, 7) is 7.94. The van der Waals surface area contributed by atoms with Crippen LogP contribution in [0.3, 0.4) is 0 Å². The lowest BCUT2D eigenvalue weighted by Crippen LogP contribution is -2.46. The van der Waals surface area contributed by atoms with E-state index >= 15 is 0 Å². The zero-order valence-electron chi connectivity index (χ0n) is 16.1. The van der Waals surface area contributed by atoms with Gasteiger partial charge in [0, 0.05) is 31.6 Å². The lowest BCUT2D eigenvalue weighted by atomic mass is 10.3. The Balaban J connectivity index is 1.54. The highest BCUT2D eigenvalue weighted by atomic mass is 33.9. The van der Waals surface area contributed by atoms with Gasteiger partial charge in [-0.05, 0) is 89.4 Å². The minimum Gasteiger partial charge on any atom is -0.374 e. The van der Waals surface area contributed by atoms with E-state index in [1.807, 2.05) is 47.5 Å². The molecule has 0 aliphatic heterocycles. The van der Waals surface area contributed by atoms with Crippen molar-refractivity contribution in [2.75, 3.05) is 25.6 Å². The fraction of sp³-hybridized carbons (Fsp3) is 0.562. The molecule has 2 rings (SSSR count). The Morgan fingerprint density at radius 3 is 2.29 bits per heavy atom. The van der Waals surface area contributed by atoms with Crippen LogP contribution in [-0.4, -0.2) is 39.4 Å². The van der Waals surface area contributed by atoms with Crippen molar-refractivity contribution in [1.82, 2.24) is 4.98 Å². The average molecular weight is 532 g/mol. The zero-order valence-corrected chi connectivity index (χ0v) is 22.8. The van der Waals surface area contributed by atoms with Crippen LogP contribution in [0.4, 0.5) is 0 Å². The molecule has 4 nitrogen and oxygen atoms in total. The van der Waals surface area contributed by atoms with E-state index in [1.54, 1.807) is 51.6 Å². The lowest BCUT2D eigenvalue weighted by Gasteiger charge is -2.28. The van der Waals surface area contributed by atoms with E-state index in [1.165, 1.54) is 4.70 Å². The third-order valence-corrected chi connectivity index (χ3v) is 18.6. The molecule has 0 aliphatic rings. The van der Waals surface area contributed by atoms with Crippen LogP contribution < -0.4 is 0 Å². The van der Waals surface area contributed by atoms with Gasteiger partial charge in [0.25, 0.3) is 0 Å². The third-order valence-electron chi connectivity index (χ3n) is 3.31. The molecular weight excluding hydrogens is 507 g/mol. The Morgan fingerprint density at radius 2 is 1.61 bits per heavy atom. The highest BCUT2D eigenvalue weighted by Crippen LogP contribution is 2.54. The van der Waals surface area contributed by atoms with Crippen LogP contribution in [0, 0.1) is 0 Å². The van der Waals surface area contributed by atoms with Gasteiger partial charge in [0.2, 0.25) is 0 Å². The van der Waals surface area contributed by atoms with Crippen LogP contribution in [-0.2, 0) is 13.3 Å². The molecule has 0 fully saturated rings. The summed E-state index contributed by atoms with van der Waals surface area (Å²) in [7, 11) is 8.31. The van der Waals surface area contributed by atoms with Crippen molar-refractivity contribution in [3.05, 3.63) is 24.3 Å². The largest absolute Gasteiger partial charge is 0.500 e. The number of thiazole rings is 1. The molecule has 1 heterocycles. The normalized spacial score (nSPS) is 12.1. The van der Waals surface area contributed by atoms with Gasteiger partial charge in [0.05, 0.1) is 10.2 Å². The smallest absolute Gasteiger partial charge is 0.374 e. The first-order valence-electron chi connectivity index (χ1n) is 8.96. The molecule has 12 heteroatoms. The molecule has 0 atom stereocenters. The quantitative estimate of drug-likeness (QED) is 0.121. The molecule has 0 saturated carbocycles. The number of para-hydroxylation sites is 1. The van der Waals surface area contributed by atoms with Gasteiger partial charge >= 0.3 is 8.80 Å². The SMILES string of the molecule is CCO[Si](CCCSSSSSSc1nc2ccccc2s1)(OCC)OCC. The summed E-state index contributed by atoms with van der Waals surface area (Å²) >= 11 is 1.75. The number of nitrogens with zero attached hydrogens (tertiary/aromatic N) is 1. The maximum atomic E-state index is 5.89. The predicted octanol–water partition coefficient (Wildman–Crippen LogP) is 8.07. The number of hydrogen-bond acceptors (Lipinski definition) is 11. The Labute approximate surface area is 195 Å². The van der Waals surface area contributed by atoms with Crippen LogP contribution in [0.1, 0.15) is 27.2 Å². The predicted molar refractivity (Wildman–Crippen MR) is 138 cm³/mol. The minimum absolute atomic E-state index is 0.643. The third kappa shape index (κ3) is 9.21. The Morgan fingerprint density at radius 1 is 0.929 bits per heavy atom. The Kier molecular flexibility index (Phi) is 13.8. The zero-order chi connectivity index (χ0) is 20.1. The van der Waals surface area contributed by atoms with Crippen LogP contribution in [0.25, 0.3) is 10.2 Å². The van der Waals surface area contributed by atoms with Gasteiger partial charge < -0.3 is 13.3 Å². The van der Waals surface area contributed by atoms with E-state index in [0.717, 1.165) is 28.1 Å². The number of benzene rings is 1. The van der Waals surface area contributed by atoms with Crippen molar-refractivity contribution in [3.63, 3.8) is 0 Å². The molecule has 0 amide bonds. The Hall–Kier alpha value is 1.31. The molecular formula is C16H25NO3S7Si. The van der Waals surface area contributed by atoms with E-state index in [2.05, 4.69) is 23.2 Å². The van der Waals surface area contributed by atoms with Gasteiger partial charge in [-0.1, -0.05) is 22.9 Å². The number of aromatic nitrogens is 1. The van der Waals surface area contributed by atoms with Crippen molar-refractivity contribution in [2.45, 2.75) is 37.6 Å². The van der Waals surface area contributed by atoms with Gasteiger partial charge in [-0.15, -0.1) is 11.3 Å². The molecule has 0 aliphatic carbocycles. The van der Waals surface area contributed by atoms with Gasteiger partial charge in [0.1, 0.15) is 0 Å². The van der Waals surface area contributed by atoms with Gasteiger partial charge in [0.15, 0.2) is 4.34 Å². The fourth-order valence-electron chi connectivity index (χ4n) is 2.35. The van der Waals surface area contributed by atoms with E-state index < -0.39 is 8.80 Å². The summed E-state index contributed by atoms with van der Waals surface area (Å²) in [5, 5.41) is 0. The molecule has 158 valence electrons. The van der Waals surface area contributed by atoms with Crippen molar-refractivity contribution in [2.24, 2.45) is 0 Å². The summed E-state index contributed by atoms with van der Waals surface area (Å²) in [5.41, 5.74) is 1.09. The van der Waals surface area contributed by atoms with Crippen LogP contribution in [0.5, 0.6) is 0 Å². The molecule has 1 aromatic carbocycles. The fourth-order valence-corrected chi connectivity index (χ4v) is 18.1. The number of rotatable bonds is 16. The summed E-state index contributed by atoms with van der Waals surface area (Å²) in [6, 6.07) is 9.16.